The van der Waals surface area contributed by atoms with E-state index in [-0.39, 0.29) is 36.0 Å². The zero-order chi connectivity index (χ0) is 26.5. The van der Waals surface area contributed by atoms with E-state index in [0.717, 1.165) is 24.0 Å². The second kappa shape index (κ2) is 9.07. The SMILES string of the molecule is COc1c(Nc2cc(NC(=O)C3(F)CC3)ncc2C(N)=O)cccc1-c1cnn([C@H]2CCC23OCCO3)c1. The molecule has 2 aliphatic carbocycles. The number of carbonyl (C=O) groups is 2. The molecular weight excluding hydrogens is 495 g/mol. The number of methoxy groups -OCH3 is 1. The van der Waals surface area contributed by atoms with Crippen LogP contribution in [0, 0.1) is 0 Å². The summed E-state index contributed by atoms with van der Waals surface area (Å²) < 4.78 is 33.5. The summed E-state index contributed by atoms with van der Waals surface area (Å²) in [6.07, 6.45) is 7.00. The predicted octanol–water partition coefficient (Wildman–Crippen LogP) is 3.31. The lowest BCUT2D eigenvalue weighted by Crippen LogP contribution is -2.49. The van der Waals surface area contributed by atoms with Crippen molar-refractivity contribution in [2.24, 2.45) is 5.73 Å². The fraction of sp³-hybridized carbons (Fsp3) is 0.385. The van der Waals surface area contributed by atoms with E-state index in [9.17, 15) is 14.0 Å². The molecule has 12 heteroatoms. The number of halogens is 1. The Hall–Kier alpha value is -4.03. The summed E-state index contributed by atoms with van der Waals surface area (Å²) in [7, 11) is 1.54. The maximum Gasteiger partial charge on any atom is 0.263 e. The molecule has 0 radical (unpaired) electrons. The predicted molar refractivity (Wildman–Crippen MR) is 135 cm³/mol. The average Bonchev–Trinajstić information content (AvgIpc) is 3.27. The van der Waals surface area contributed by atoms with Gasteiger partial charge in [-0.2, -0.15) is 5.10 Å². The third-order valence-corrected chi connectivity index (χ3v) is 7.28. The zero-order valence-electron chi connectivity index (χ0n) is 20.7. The lowest BCUT2D eigenvalue weighted by molar-refractivity contribution is -0.242. The quantitative estimate of drug-likeness (QED) is 0.409. The number of primary amides is 1. The van der Waals surface area contributed by atoms with E-state index in [2.05, 4.69) is 20.7 Å². The molecule has 38 heavy (non-hydrogen) atoms. The first-order valence-electron chi connectivity index (χ1n) is 12.4. The number of ether oxygens (including phenoxy) is 3. The third kappa shape index (κ3) is 4.15. The normalized spacial score (nSPS) is 20.5. The molecule has 11 nitrogen and oxygen atoms in total. The van der Waals surface area contributed by atoms with Crippen molar-refractivity contribution in [3.05, 3.63) is 48.4 Å². The molecule has 2 aromatic heterocycles. The Morgan fingerprint density at radius 2 is 1.97 bits per heavy atom. The van der Waals surface area contributed by atoms with Crippen LogP contribution in [0.25, 0.3) is 11.1 Å². The molecule has 3 aliphatic rings. The van der Waals surface area contributed by atoms with Gasteiger partial charge in [0.2, 0.25) is 0 Å². The van der Waals surface area contributed by atoms with Crippen LogP contribution < -0.4 is 21.1 Å². The molecule has 6 rings (SSSR count). The van der Waals surface area contributed by atoms with Crippen LogP contribution in [0.15, 0.2) is 42.9 Å². The number of nitrogens with two attached hydrogens (primary N) is 1. The highest BCUT2D eigenvalue weighted by atomic mass is 19.1. The van der Waals surface area contributed by atoms with Gasteiger partial charge in [0.25, 0.3) is 11.8 Å². The number of aromatic nitrogens is 3. The Morgan fingerprint density at radius 1 is 1.18 bits per heavy atom. The number of amides is 2. The minimum atomic E-state index is -1.87. The smallest absolute Gasteiger partial charge is 0.263 e. The van der Waals surface area contributed by atoms with Crippen molar-refractivity contribution in [2.75, 3.05) is 31.0 Å². The first-order chi connectivity index (χ1) is 18.3. The van der Waals surface area contributed by atoms with E-state index < -0.39 is 23.3 Å². The first-order valence-corrected chi connectivity index (χ1v) is 12.4. The minimum Gasteiger partial charge on any atom is -0.494 e. The van der Waals surface area contributed by atoms with Crippen LogP contribution >= 0.6 is 0 Å². The lowest BCUT2D eigenvalue weighted by Gasteiger charge is -2.44. The van der Waals surface area contributed by atoms with Crippen LogP contribution in [-0.4, -0.2) is 58.4 Å². The number of para-hydroxylation sites is 1. The zero-order valence-corrected chi connectivity index (χ0v) is 20.7. The Balaban J connectivity index is 1.29. The monoisotopic (exact) mass is 522 g/mol. The van der Waals surface area contributed by atoms with Crippen molar-refractivity contribution in [3.8, 4) is 16.9 Å². The second-order valence-electron chi connectivity index (χ2n) is 9.68. The maximum atomic E-state index is 14.1. The number of anilines is 3. The molecule has 3 fully saturated rings. The minimum absolute atomic E-state index is 0.00581. The third-order valence-electron chi connectivity index (χ3n) is 7.28. The first kappa shape index (κ1) is 24.3. The molecular formula is C26H27FN6O5. The summed E-state index contributed by atoms with van der Waals surface area (Å²) in [6, 6.07) is 6.94. The maximum absolute atomic E-state index is 14.1. The van der Waals surface area contributed by atoms with Crippen molar-refractivity contribution >= 4 is 29.0 Å². The van der Waals surface area contributed by atoms with Gasteiger partial charge < -0.3 is 30.6 Å². The highest BCUT2D eigenvalue weighted by Gasteiger charge is 2.53. The Bertz CT molecular complexity index is 1410. The van der Waals surface area contributed by atoms with Crippen LogP contribution in [0.4, 0.5) is 21.6 Å². The molecule has 1 aromatic carbocycles. The van der Waals surface area contributed by atoms with E-state index in [4.69, 9.17) is 19.9 Å². The fourth-order valence-electron chi connectivity index (χ4n) is 4.91. The van der Waals surface area contributed by atoms with Gasteiger partial charge in [-0.15, -0.1) is 0 Å². The van der Waals surface area contributed by atoms with Crippen molar-refractivity contribution in [1.29, 1.82) is 0 Å². The van der Waals surface area contributed by atoms with Crippen LogP contribution in [0.3, 0.4) is 0 Å². The number of rotatable bonds is 8. The number of carbonyl (C=O) groups excluding carboxylic acids is 2. The summed E-state index contributed by atoms with van der Waals surface area (Å²) in [6.45, 7) is 1.16. The van der Waals surface area contributed by atoms with Gasteiger partial charge in [-0.25, -0.2) is 9.37 Å². The number of alkyl halides is 1. The fourth-order valence-corrected chi connectivity index (χ4v) is 4.91. The summed E-state index contributed by atoms with van der Waals surface area (Å²) >= 11 is 0. The molecule has 0 unspecified atom stereocenters. The van der Waals surface area contributed by atoms with E-state index in [1.807, 2.05) is 23.0 Å². The Labute approximate surface area is 217 Å². The number of hydrogen-bond donors (Lipinski definition) is 3. The van der Waals surface area contributed by atoms with E-state index in [0.29, 0.717) is 24.7 Å². The standard InChI is InChI=1S/C26H27FN6O5/c1-36-22-16(15-12-30-33(14-15)20-5-6-26(20)37-9-10-38-26)3-2-4-18(22)31-19-11-21(29-13-17(19)23(28)34)32-24(35)25(27)7-8-25/h2-4,11-14,20H,5-10H2,1H3,(H2,28,34)(H2,29,31,32,35)/t20-/m0/s1. The summed E-state index contributed by atoms with van der Waals surface area (Å²) in [5.41, 5.74) is 6.19. The summed E-state index contributed by atoms with van der Waals surface area (Å²) in [5, 5.41) is 10.2. The molecule has 1 aliphatic heterocycles. The molecule has 0 bridgehead atoms. The summed E-state index contributed by atoms with van der Waals surface area (Å²) in [4.78, 5) is 28.3. The Morgan fingerprint density at radius 3 is 2.63 bits per heavy atom. The number of hydrogen-bond acceptors (Lipinski definition) is 8. The van der Waals surface area contributed by atoms with Crippen LogP contribution in [0.5, 0.6) is 5.75 Å². The van der Waals surface area contributed by atoms with Crippen LogP contribution in [-0.2, 0) is 14.3 Å². The van der Waals surface area contributed by atoms with E-state index in [1.54, 1.807) is 19.4 Å². The molecule has 3 heterocycles. The number of nitrogens with zero attached hydrogens (tertiary/aromatic N) is 3. The number of pyridine rings is 1. The van der Waals surface area contributed by atoms with Gasteiger partial charge in [0.1, 0.15) is 17.6 Å². The second-order valence-corrected chi connectivity index (χ2v) is 9.68. The van der Waals surface area contributed by atoms with Gasteiger partial charge in [-0.05, 0) is 25.3 Å². The molecule has 1 spiro atoms. The molecule has 4 N–H and O–H groups in total. The topological polar surface area (TPSA) is 143 Å². The van der Waals surface area contributed by atoms with Gasteiger partial charge in [-0.3, -0.25) is 14.3 Å². The van der Waals surface area contributed by atoms with Crippen molar-refractivity contribution in [3.63, 3.8) is 0 Å². The van der Waals surface area contributed by atoms with Crippen molar-refractivity contribution in [1.82, 2.24) is 14.8 Å². The molecule has 2 amide bonds. The molecule has 1 atom stereocenters. The van der Waals surface area contributed by atoms with Gasteiger partial charge in [0.15, 0.2) is 11.5 Å². The highest BCUT2D eigenvalue weighted by Crippen LogP contribution is 2.49. The van der Waals surface area contributed by atoms with Gasteiger partial charge in [0, 0.05) is 36.0 Å². The molecule has 198 valence electrons. The number of benzene rings is 1. The highest BCUT2D eigenvalue weighted by molar-refractivity contribution is 6.02. The molecule has 2 saturated carbocycles. The van der Waals surface area contributed by atoms with E-state index in [1.165, 1.54) is 12.3 Å². The van der Waals surface area contributed by atoms with E-state index >= 15 is 0 Å². The van der Waals surface area contributed by atoms with Crippen molar-refractivity contribution in [2.45, 2.75) is 43.2 Å². The van der Waals surface area contributed by atoms with Gasteiger partial charge >= 0.3 is 0 Å². The van der Waals surface area contributed by atoms with Crippen molar-refractivity contribution < 1.29 is 28.2 Å². The van der Waals surface area contributed by atoms with Gasteiger partial charge in [-0.1, -0.05) is 12.1 Å². The lowest BCUT2D eigenvalue weighted by atomic mass is 9.85. The number of nitrogens with one attached hydrogen (secondary N) is 2. The average molecular weight is 523 g/mol. The molecule has 3 aromatic rings. The molecule has 1 saturated heterocycles. The Kier molecular flexibility index (Phi) is 5.80. The van der Waals surface area contributed by atoms with Gasteiger partial charge in [0.05, 0.1) is 43.5 Å². The largest absolute Gasteiger partial charge is 0.494 e. The summed E-state index contributed by atoms with van der Waals surface area (Å²) in [5.74, 6) is -1.49. The van der Waals surface area contributed by atoms with Crippen LogP contribution in [0.2, 0.25) is 0 Å². The van der Waals surface area contributed by atoms with Crippen LogP contribution in [0.1, 0.15) is 42.1 Å².